The van der Waals surface area contributed by atoms with Gasteiger partial charge in [-0.05, 0) is 14.1 Å². The summed E-state index contributed by atoms with van der Waals surface area (Å²) in [5, 5.41) is 16.7. The molecule has 0 unspecified atom stereocenters. The van der Waals surface area contributed by atoms with Crippen LogP contribution in [0, 0.1) is 0 Å². The molecule has 0 spiro atoms. The van der Waals surface area contributed by atoms with Crippen molar-refractivity contribution in [3.8, 4) is 0 Å². The molecule has 0 amide bonds. The number of aliphatic hydroxyl groups is 2. The van der Waals surface area contributed by atoms with Gasteiger partial charge >= 0.3 is 0 Å². The quantitative estimate of drug-likeness (QED) is 0.461. The van der Waals surface area contributed by atoms with E-state index in [0.29, 0.717) is 6.42 Å². The van der Waals surface area contributed by atoms with Crippen molar-refractivity contribution in [3.05, 3.63) is 0 Å². The number of aliphatic hydroxyl groups excluding tert-OH is 1. The molecule has 0 aliphatic carbocycles. The largest absolute Gasteiger partial charge is 0.412 e. The lowest BCUT2D eigenvalue weighted by Gasteiger charge is -2.09. The Bertz CT molecular complexity index is 48.2. The van der Waals surface area contributed by atoms with Crippen LogP contribution in [0.5, 0.6) is 0 Å². The zero-order valence-corrected chi connectivity index (χ0v) is 5.83. The monoisotopic (exact) mass is 137 g/mol. The van der Waals surface area contributed by atoms with Crippen molar-refractivity contribution in [1.29, 1.82) is 0 Å². The topological polar surface area (TPSA) is 75.2 Å². The molecular formula is C5H15NO3. The van der Waals surface area contributed by atoms with Gasteiger partial charge in [-0.2, -0.15) is 0 Å². The summed E-state index contributed by atoms with van der Waals surface area (Å²) in [5.74, 6) is 0. The molecule has 4 N–H and O–H groups in total. The van der Waals surface area contributed by atoms with Crippen LogP contribution in [0.1, 0.15) is 6.42 Å². The SMILES string of the molecule is CN(C)CCC(O)O.O. The van der Waals surface area contributed by atoms with Crippen molar-refractivity contribution in [2.45, 2.75) is 12.7 Å². The van der Waals surface area contributed by atoms with Crippen LogP contribution in [0.2, 0.25) is 0 Å². The average molecular weight is 137 g/mol. The Hall–Kier alpha value is -0.160. The first-order valence-corrected chi connectivity index (χ1v) is 2.64. The Morgan fingerprint density at radius 1 is 1.33 bits per heavy atom. The molecule has 4 nitrogen and oxygen atoms in total. The molecule has 4 heteroatoms. The fourth-order valence-corrected chi connectivity index (χ4v) is 0.374. The molecule has 0 saturated carbocycles. The minimum absolute atomic E-state index is 0. The van der Waals surface area contributed by atoms with Crippen LogP contribution in [-0.4, -0.2) is 47.5 Å². The highest BCUT2D eigenvalue weighted by atomic mass is 16.5. The van der Waals surface area contributed by atoms with Crippen LogP contribution >= 0.6 is 0 Å². The predicted octanol–water partition coefficient (Wildman–Crippen LogP) is -1.58. The van der Waals surface area contributed by atoms with E-state index < -0.39 is 6.29 Å². The molecule has 0 aromatic rings. The van der Waals surface area contributed by atoms with Gasteiger partial charge in [-0.1, -0.05) is 0 Å². The zero-order chi connectivity index (χ0) is 6.57. The Morgan fingerprint density at radius 2 is 1.78 bits per heavy atom. The Morgan fingerprint density at radius 3 is 1.89 bits per heavy atom. The number of nitrogens with zero attached hydrogens (tertiary/aromatic N) is 1. The van der Waals surface area contributed by atoms with Crippen LogP contribution in [0.3, 0.4) is 0 Å². The molecular weight excluding hydrogens is 122 g/mol. The van der Waals surface area contributed by atoms with Gasteiger partial charge in [0, 0.05) is 13.0 Å². The lowest BCUT2D eigenvalue weighted by atomic mass is 10.4. The maximum atomic E-state index is 8.33. The molecule has 0 aliphatic heterocycles. The normalized spacial score (nSPS) is 10.0. The summed E-state index contributed by atoms with van der Waals surface area (Å²) in [6, 6.07) is 0. The molecule has 58 valence electrons. The summed E-state index contributed by atoms with van der Waals surface area (Å²) >= 11 is 0. The Balaban J connectivity index is 0. The first-order valence-electron chi connectivity index (χ1n) is 2.64. The Labute approximate surface area is 55.0 Å². The number of rotatable bonds is 3. The lowest BCUT2D eigenvalue weighted by Crippen LogP contribution is -2.18. The first kappa shape index (κ1) is 11.6. The second-order valence-electron chi connectivity index (χ2n) is 2.07. The van der Waals surface area contributed by atoms with Crippen LogP contribution < -0.4 is 0 Å². The molecule has 0 rings (SSSR count). The zero-order valence-electron chi connectivity index (χ0n) is 5.83. The van der Waals surface area contributed by atoms with E-state index in [2.05, 4.69) is 0 Å². The van der Waals surface area contributed by atoms with Gasteiger partial charge in [0.25, 0.3) is 0 Å². The summed E-state index contributed by atoms with van der Waals surface area (Å²) in [6.45, 7) is 0.720. The van der Waals surface area contributed by atoms with Crippen molar-refractivity contribution in [1.82, 2.24) is 4.90 Å². The summed E-state index contributed by atoms with van der Waals surface area (Å²) in [4.78, 5) is 1.90. The van der Waals surface area contributed by atoms with Crippen molar-refractivity contribution in [3.63, 3.8) is 0 Å². The molecule has 0 aliphatic rings. The second kappa shape index (κ2) is 5.97. The van der Waals surface area contributed by atoms with Gasteiger partial charge in [-0.3, -0.25) is 0 Å². The molecule has 0 aromatic heterocycles. The van der Waals surface area contributed by atoms with Crippen molar-refractivity contribution < 1.29 is 15.7 Å². The average Bonchev–Trinajstić information content (AvgIpc) is 1.61. The molecule has 0 heterocycles. The van der Waals surface area contributed by atoms with Crippen LogP contribution in [0.25, 0.3) is 0 Å². The third-order valence-corrected chi connectivity index (χ3v) is 0.835. The highest BCUT2D eigenvalue weighted by Gasteiger charge is 1.96. The summed E-state index contributed by atoms with van der Waals surface area (Å²) in [5.41, 5.74) is 0. The van der Waals surface area contributed by atoms with Gasteiger partial charge in [-0.15, -0.1) is 0 Å². The minimum Gasteiger partial charge on any atom is -0.412 e. The van der Waals surface area contributed by atoms with Crippen LogP contribution in [-0.2, 0) is 0 Å². The van der Waals surface area contributed by atoms with Crippen LogP contribution in [0.4, 0.5) is 0 Å². The maximum Gasteiger partial charge on any atom is 0.152 e. The fraction of sp³-hybridized carbons (Fsp3) is 1.00. The van der Waals surface area contributed by atoms with Crippen molar-refractivity contribution in [2.24, 2.45) is 0 Å². The fourth-order valence-electron chi connectivity index (χ4n) is 0.374. The van der Waals surface area contributed by atoms with E-state index in [1.54, 1.807) is 0 Å². The molecule has 0 radical (unpaired) electrons. The van der Waals surface area contributed by atoms with E-state index in [4.69, 9.17) is 10.2 Å². The number of hydrogen-bond donors (Lipinski definition) is 2. The van der Waals surface area contributed by atoms with Gasteiger partial charge in [0.1, 0.15) is 0 Å². The number of hydrogen-bond acceptors (Lipinski definition) is 3. The molecule has 0 aromatic carbocycles. The predicted molar refractivity (Wildman–Crippen MR) is 35.0 cm³/mol. The lowest BCUT2D eigenvalue weighted by molar-refractivity contribution is -0.0483. The molecule has 0 fully saturated rings. The maximum absolute atomic E-state index is 8.33. The van der Waals surface area contributed by atoms with E-state index in [0.717, 1.165) is 6.54 Å². The van der Waals surface area contributed by atoms with E-state index in [-0.39, 0.29) is 5.48 Å². The molecule has 0 bridgehead atoms. The summed E-state index contributed by atoms with van der Waals surface area (Å²) < 4.78 is 0. The minimum atomic E-state index is -1.16. The molecule has 0 atom stereocenters. The van der Waals surface area contributed by atoms with Gasteiger partial charge in [0.05, 0.1) is 0 Å². The van der Waals surface area contributed by atoms with Crippen molar-refractivity contribution in [2.75, 3.05) is 20.6 Å². The Kier molecular flexibility index (Phi) is 7.70. The van der Waals surface area contributed by atoms with Gasteiger partial charge in [0.2, 0.25) is 0 Å². The third-order valence-electron chi connectivity index (χ3n) is 0.835. The van der Waals surface area contributed by atoms with Gasteiger partial charge in [-0.25, -0.2) is 0 Å². The highest BCUT2D eigenvalue weighted by molar-refractivity contribution is 4.43. The molecule has 0 saturated heterocycles. The van der Waals surface area contributed by atoms with Crippen molar-refractivity contribution >= 4 is 0 Å². The summed E-state index contributed by atoms with van der Waals surface area (Å²) in [6.07, 6.45) is -0.732. The smallest absolute Gasteiger partial charge is 0.152 e. The molecule has 9 heavy (non-hydrogen) atoms. The second-order valence-corrected chi connectivity index (χ2v) is 2.07. The summed E-state index contributed by atoms with van der Waals surface area (Å²) in [7, 11) is 3.78. The van der Waals surface area contributed by atoms with Crippen LogP contribution in [0.15, 0.2) is 0 Å². The van der Waals surface area contributed by atoms with E-state index >= 15 is 0 Å². The van der Waals surface area contributed by atoms with Gasteiger partial charge < -0.3 is 20.6 Å². The van der Waals surface area contributed by atoms with Gasteiger partial charge in [0.15, 0.2) is 6.29 Å². The first-order chi connectivity index (χ1) is 3.63. The van der Waals surface area contributed by atoms with E-state index in [9.17, 15) is 0 Å². The third kappa shape index (κ3) is 11.4. The highest BCUT2D eigenvalue weighted by Crippen LogP contribution is 1.86. The standard InChI is InChI=1S/C5H13NO2.H2O/c1-6(2)4-3-5(7)8;/h5,7-8H,3-4H2,1-2H3;1H2. The van der Waals surface area contributed by atoms with E-state index in [1.807, 2.05) is 19.0 Å². The van der Waals surface area contributed by atoms with E-state index in [1.165, 1.54) is 0 Å².